The fraction of sp³-hybridized carbons (Fsp3) is 0.429. The summed E-state index contributed by atoms with van der Waals surface area (Å²) in [5.74, 6) is 0. The van der Waals surface area contributed by atoms with E-state index in [-0.39, 0.29) is 6.04 Å². The Morgan fingerprint density at radius 3 is 2.47 bits per heavy atom. The van der Waals surface area contributed by atoms with Gasteiger partial charge in [-0.05, 0) is 25.5 Å². The van der Waals surface area contributed by atoms with Crippen LogP contribution in [0.3, 0.4) is 0 Å². The van der Waals surface area contributed by atoms with Gasteiger partial charge in [-0.1, -0.05) is 72.6 Å². The van der Waals surface area contributed by atoms with Crippen molar-refractivity contribution in [2.24, 2.45) is 0 Å². The van der Waals surface area contributed by atoms with Gasteiger partial charge in [-0.2, -0.15) is 0 Å². The van der Waals surface area contributed by atoms with E-state index < -0.39 is 4.33 Å². The fourth-order valence-corrected chi connectivity index (χ4v) is 1.79. The smallest absolute Gasteiger partial charge is 0.134 e. The van der Waals surface area contributed by atoms with Crippen molar-refractivity contribution in [2.75, 3.05) is 6.54 Å². The predicted octanol–water partition coefficient (Wildman–Crippen LogP) is 4.26. The molecule has 0 radical (unpaired) electrons. The quantitative estimate of drug-likeness (QED) is 0.763. The fourth-order valence-electron chi connectivity index (χ4n) is 1.49. The molecule has 0 aromatic heterocycles. The molecule has 0 amide bonds. The Kier molecular flexibility index (Phi) is 6.04. The van der Waals surface area contributed by atoms with Crippen molar-refractivity contribution in [1.82, 2.24) is 5.32 Å². The Labute approximate surface area is 114 Å². The summed E-state index contributed by atoms with van der Waals surface area (Å²) in [6, 6.07) is 10.1. The Balaban J connectivity index is 2.69. The number of alkyl halides is 2. The first-order chi connectivity index (χ1) is 8.04. The van der Waals surface area contributed by atoms with Gasteiger partial charge in [-0.15, -0.1) is 0 Å². The van der Waals surface area contributed by atoms with Crippen LogP contribution in [0.15, 0.2) is 36.4 Å². The Hall–Kier alpha value is -0.500. The second-order valence-corrected chi connectivity index (χ2v) is 5.92. The molecule has 0 heterocycles. The maximum absolute atomic E-state index is 6.15. The standard InChI is InChI=1S/C14H19Cl2N/c1-3-11-17-13(14(2,15)16)10-9-12-7-5-4-6-8-12/h4-10,13,17H,3,11H2,1-2H3/b10-9+. The van der Waals surface area contributed by atoms with Crippen LogP contribution in [0.2, 0.25) is 0 Å². The van der Waals surface area contributed by atoms with Gasteiger partial charge in [-0.25, -0.2) is 0 Å². The summed E-state index contributed by atoms with van der Waals surface area (Å²) in [5, 5.41) is 3.33. The van der Waals surface area contributed by atoms with E-state index in [2.05, 4.69) is 12.2 Å². The number of hydrogen-bond acceptors (Lipinski definition) is 1. The molecule has 0 fully saturated rings. The first-order valence-corrected chi connectivity index (χ1v) is 6.64. The monoisotopic (exact) mass is 271 g/mol. The zero-order chi connectivity index (χ0) is 12.7. The second kappa shape index (κ2) is 7.05. The van der Waals surface area contributed by atoms with E-state index in [4.69, 9.17) is 23.2 Å². The molecule has 1 aromatic carbocycles. The Morgan fingerprint density at radius 2 is 1.94 bits per heavy atom. The lowest BCUT2D eigenvalue weighted by Crippen LogP contribution is -2.40. The van der Waals surface area contributed by atoms with Crippen LogP contribution in [-0.2, 0) is 0 Å². The van der Waals surface area contributed by atoms with Crippen molar-refractivity contribution in [1.29, 1.82) is 0 Å². The molecule has 17 heavy (non-hydrogen) atoms. The topological polar surface area (TPSA) is 12.0 Å². The van der Waals surface area contributed by atoms with Gasteiger partial charge in [0.05, 0.1) is 6.04 Å². The summed E-state index contributed by atoms with van der Waals surface area (Å²) in [6.45, 7) is 4.82. The van der Waals surface area contributed by atoms with Crippen LogP contribution in [-0.4, -0.2) is 16.9 Å². The first kappa shape index (κ1) is 14.6. The third kappa shape index (κ3) is 5.58. The van der Waals surface area contributed by atoms with E-state index in [9.17, 15) is 0 Å². The maximum atomic E-state index is 6.15. The van der Waals surface area contributed by atoms with Crippen molar-refractivity contribution >= 4 is 29.3 Å². The molecule has 0 aliphatic rings. The summed E-state index contributed by atoms with van der Waals surface area (Å²) in [6.07, 6.45) is 5.11. The SMILES string of the molecule is CCCNC(/C=C/c1ccccc1)C(C)(Cl)Cl. The molecule has 1 aromatic rings. The van der Waals surface area contributed by atoms with Gasteiger partial charge in [0.1, 0.15) is 4.33 Å². The van der Waals surface area contributed by atoms with Crippen molar-refractivity contribution < 1.29 is 0 Å². The zero-order valence-electron chi connectivity index (χ0n) is 10.3. The van der Waals surface area contributed by atoms with Gasteiger partial charge < -0.3 is 5.32 Å². The molecule has 1 rings (SSSR count). The van der Waals surface area contributed by atoms with Crippen LogP contribution in [0.25, 0.3) is 6.08 Å². The molecule has 1 unspecified atom stereocenters. The van der Waals surface area contributed by atoms with Gasteiger partial charge in [0.2, 0.25) is 0 Å². The van der Waals surface area contributed by atoms with Gasteiger partial charge in [-0.3, -0.25) is 0 Å². The second-order valence-electron chi connectivity index (χ2n) is 4.16. The van der Waals surface area contributed by atoms with Crippen LogP contribution in [0, 0.1) is 0 Å². The van der Waals surface area contributed by atoms with Crippen LogP contribution in [0.5, 0.6) is 0 Å². The number of rotatable bonds is 6. The van der Waals surface area contributed by atoms with E-state index in [1.165, 1.54) is 0 Å². The van der Waals surface area contributed by atoms with E-state index in [1.54, 1.807) is 6.92 Å². The first-order valence-electron chi connectivity index (χ1n) is 5.88. The molecule has 0 aliphatic carbocycles. The molecule has 3 heteroatoms. The molecule has 0 aliphatic heterocycles. The molecule has 1 nitrogen and oxygen atoms in total. The molecule has 0 bridgehead atoms. The lowest BCUT2D eigenvalue weighted by atomic mass is 10.1. The summed E-state index contributed by atoms with van der Waals surface area (Å²) in [4.78, 5) is 0. The van der Waals surface area contributed by atoms with E-state index in [0.29, 0.717) is 0 Å². The summed E-state index contributed by atoms with van der Waals surface area (Å²) in [7, 11) is 0. The van der Waals surface area contributed by atoms with Gasteiger partial charge >= 0.3 is 0 Å². The molecule has 0 spiro atoms. The molecule has 1 atom stereocenters. The number of halogens is 2. The highest BCUT2D eigenvalue weighted by molar-refractivity contribution is 6.48. The van der Waals surface area contributed by atoms with E-state index in [0.717, 1.165) is 18.5 Å². The third-order valence-corrected chi connectivity index (χ3v) is 2.91. The number of nitrogens with one attached hydrogen (secondary N) is 1. The lowest BCUT2D eigenvalue weighted by molar-refractivity contribution is 0.554. The number of benzene rings is 1. The number of hydrogen-bond donors (Lipinski definition) is 1. The minimum absolute atomic E-state index is 0.0500. The minimum atomic E-state index is -0.805. The van der Waals surface area contributed by atoms with Crippen molar-refractivity contribution in [2.45, 2.75) is 30.6 Å². The predicted molar refractivity (Wildman–Crippen MR) is 77.7 cm³/mol. The normalized spacial score (nSPS) is 14.1. The zero-order valence-corrected chi connectivity index (χ0v) is 11.8. The van der Waals surface area contributed by atoms with Crippen LogP contribution in [0.1, 0.15) is 25.8 Å². The highest BCUT2D eigenvalue weighted by Crippen LogP contribution is 2.25. The lowest BCUT2D eigenvalue weighted by Gasteiger charge is -2.24. The van der Waals surface area contributed by atoms with Crippen LogP contribution < -0.4 is 5.32 Å². The third-order valence-electron chi connectivity index (χ3n) is 2.44. The molecular formula is C14H19Cl2N. The Morgan fingerprint density at radius 1 is 1.29 bits per heavy atom. The summed E-state index contributed by atoms with van der Waals surface area (Å²) >= 11 is 12.3. The average Bonchev–Trinajstić information content (AvgIpc) is 2.29. The van der Waals surface area contributed by atoms with Gasteiger partial charge in [0.15, 0.2) is 0 Å². The van der Waals surface area contributed by atoms with Crippen LogP contribution in [0.4, 0.5) is 0 Å². The van der Waals surface area contributed by atoms with Crippen molar-refractivity contribution in [3.63, 3.8) is 0 Å². The van der Waals surface area contributed by atoms with E-state index >= 15 is 0 Å². The molecule has 0 saturated heterocycles. The molecule has 1 N–H and O–H groups in total. The van der Waals surface area contributed by atoms with Crippen molar-refractivity contribution in [3.8, 4) is 0 Å². The molecule has 0 saturated carbocycles. The summed E-state index contributed by atoms with van der Waals surface area (Å²) < 4.78 is -0.805. The maximum Gasteiger partial charge on any atom is 0.134 e. The van der Waals surface area contributed by atoms with Crippen LogP contribution >= 0.6 is 23.2 Å². The van der Waals surface area contributed by atoms with Crippen molar-refractivity contribution in [3.05, 3.63) is 42.0 Å². The summed E-state index contributed by atoms with van der Waals surface area (Å²) in [5.41, 5.74) is 1.15. The largest absolute Gasteiger partial charge is 0.308 e. The minimum Gasteiger partial charge on any atom is -0.308 e. The van der Waals surface area contributed by atoms with Gasteiger partial charge in [0.25, 0.3) is 0 Å². The molecule has 94 valence electrons. The van der Waals surface area contributed by atoms with E-state index in [1.807, 2.05) is 42.5 Å². The van der Waals surface area contributed by atoms with Gasteiger partial charge in [0, 0.05) is 0 Å². The molecular weight excluding hydrogens is 253 g/mol. The highest BCUT2D eigenvalue weighted by Gasteiger charge is 2.26. The highest BCUT2D eigenvalue weighted by atomic mass is 35.5. The average molecular weight is 272 g/mol. The Bertz CT molecular complexity index is 341.